The van der Waals surface area contributed by atoms with E-state index in [2.05, 4.69) is 15.5 Å². The van der Waals surface area contributed by atoms with Gasteiger partial charge in [0, 0.05) is 55.4 Å². The van der Waals surface area contributed by atoms with E-state index in [1.54, 1.807) is 6.07 Å². The van der Waals surface area contributed by atoms with E-state index in [0.717, 1.165) is 51.0 Å². The summed E-state index contributed by atoms with van der Waals surface area (Å²) in [6.45, 7) is 4.23. The number of fused-ring (bicyclic) bond motifs is 3. The minimum absolute atomic E-state index is 0.0729. The van der Waals surface area contributed by atoms with Crippen LogP contribution >= 0.6 is 0 Å². The fourth-order valence-electron chi connectivity index (χ4n) is 4.88. The Hall–Kier alpha value is -1.66. The molecule has 1 aromatic carbocycles. The molecule has 0 radical (unpaired) electrons. The average molecular weight is 330 g/mol. The molecular weight excluding hydrogens is 307 g/mol. The molecule has 0 saturated carbocycles. The van der Waals surface area contributed by atoms with Gasteiger partial charge in [-0.2, -0.15) is 0 Å². The Balaban J connectivity index is 1.50. The van der Waals surface area contributed by atoms with Gasteiger partial charge in [0.1, 0.15) is 5.82 Å². The van der Waals surface area contributed by atoms with E-state index in [1.807, 2.05) is 4.90 Å². The first-order valence-corrected chi connectivity index (χ1v) is 9.06. The molecule has 2 bridgehead atoms. The van der Waals surface area contributed by atoms with E-state index in [0.29, 0.717) is 29.9 Å². The van der Waals surface area contributed by atoms with Gasteiger partial charge in [-0.05, 0) is 37.9 Å². The highest BCUT2D eigenvalue weighted by atomic mass is 19.1. The number of rotatable bonds is 2. The van der Waals surface area contributed by atoms with E-state index in [4.69, 9.17) is 0 Å². The Morgan fingerprint density at radius 3 is 2.58 bits per heavy atom. The topological polar surface area (TPSA) is 47.6 Å². The minimum atomic E-state index is -0.179. The van der Waals surface area contributed by atoms with Crippen molar-refractivity contribution in [3.05, 3.63) is 29.1 Å². The number of carbonyl (C=O) groups excluding carboxylic acids is 1. The van der Waals surface area contributed by atoms with Crippen LogP contribution in [0.1, 0.15) is 35.2 Å². The summed E-state index contributed by atoms with van der Waals surface area (Å²) >= 11 is 0. The Labute approximate surface area is 141 Å². The highest BCUT2D eigenvalue weighted by molar-refractivity contribution is 6.00. The first-order chi connectivity index (χ1) is 11.7. The summed E-state index contributed by atoms with van der Waals surface area (Å²) in [5.74, 6) is -0.106. The highest BCUT2D eigenvalue weighted by Crippen LogP contribution is 2.42. The van der Waals surface area contributed by atoms with E-state index < -0.39 is 0 Å². The Kier molecular flexibility index (Phi) is 3.31. The number of anilines is 1. The third-order valence-electron chi connectivity index (χ3n) is 6.11. The molecule has 5 nitrogen and oxygen atoms in total. The van der Waals surface area contributed by atoms with Crippen molar-refractivity contribution in [2.75, 3.05) is 31.1 Å². The molecule has 3 atom stereocenters. The van der Waals surface area contributed by atoms with E-state index in [-0.39, 0.29) is 17.8 Å². The zero-order valence-corrected chi connectivity index (χ0v) is 13.7. The van der Waals surface area contributed by atoms with Crippen molar-refractivity contribution in [1.82, 2.24) is 15.5 Å². The normalized spacial score (nSPS) is 31.9. The van der Waals surface area contributed by atoms with Gasteiger partial charge < -0.3 is 20.4 Å². The lowest BCUT2D eigenvalue weighted by atomic mass is 9.86. The summed E-state index contributed by atoms with van der Waals surface area (Å²) in [6, 6.07) is 4.12. The fraction of sp³-hybridized carbons (Fsp3) is 0.611. The van der Waals surface area contributed by atoms with Crippen LogP contribution in [0, 0.1) is 5.82 Å². The molecule has 1 aromatic rings. The van der Waals surface area contributed by atoms with Crippen molar-refractivity contribution >= 4 is 11.6 Å². The molecule has 3 fully saturated rings. The standard InChI is InChI=1S/C18H23FN4O/c19-16-4-3-14-15(17(16)23-12-6-13(23)9-21-8-12)10-22(18(14)24)11-2-1-5-20-7-11/h3-4,11-13,20-21H,1-2,5-10H2. The summed E-state index contributed by atoms with van der Waals surface area (Å²) in [6.07, 6.45) is 3.25. The maximum Gasteiger partial charge on any atom is 0.254 e. The zero-order valence-electron chi connectivity index (χ0n) is 13.7. The van der Waals surface area contributed by atoms with Crippen molar-refractivity contribution in [2.45, 2.75) is 43.9 Å². The van der Waals surface area contributed by atoms with Crippen molar-refractivity contribution in [1.29, 1.82) is 0 Å². The molecule has 0 spiro atoms. The second kappa shape index (κ2) is 5.43. The number of hydrogen-bond acceptors (Lipinski definition) is 4. The molecule has 1 amide bonds. The van der Waals surface area contributed by atoms with Gasteiger partial charge in [-0.1, -0.05) is 0 Å². The summed E-state index contributed by atoms with van der Waals surface area (Å²) in [4.78, 5) is 17.1. The van der Waals surface area contributed by atoms with Gasteiger partial charge in [0.05, 0.1) is 5.69 Å². The minimum Gasteiger partial charge on any atom is -0.360 e. The quantitative estimate of drug-likeness (QED) is 0.852. The summed E-state index contributed by atoms with van der Waals surface area (Å²) in [5.41, 5.74) is 2.30. The molecule has 0 aromatic heterocycles. The zero-order chi connectivity index (χ0) is 16.3. The molecule has 4 aliphatic heterocycles. The van der Waals surface area contributed by atoms with Crippen molar-refractivity contribution in [3.63, 3.8) is 0 Å². The van der Waals surface area contributed by atoms with Crippen LogP contribution < -0.4 is 15.5 Å². The van der Waals surface area contributed by atoms with Gasteiger partial charge in [-0.15, -0.1) is 0 Å². The van der Waals surface area contributed by atoms with Gasteiger partial charge in [0.25, 0.3) is 5.91 Å². The van der Waals surface area contributed by atoms with Gasteiger partial charge in [-0.25, -0.2) is 4.39 Å². The molecule has 4 aliphatic rings. The number of piperazine rings is 1. The van der Waals surface area contributed by atoms with Gasteiger partial charge in [-0.3, -0.25) is 4.79 Å². The van der Waals surface area contributed by atoms with Crippen LogP contribution in [0.15, 0.2) is 12.1 Å². The number of piperidine rings is 2. The van der Waals surface area contributed by atoms with Gasteiger partial charge in [0.15, 0.2) is 0 Å². The van der Waals surface area contributed by atoms with Crippen LogP contribution in [0.2, 0.25) is 0 Å². The summed E-state index contributed by atoms with van der Waals surface area (Å²) < 4.78 is 14.7. The Bertz CT molecular complexity index is 674. The Morgan fingerprint density at radius 2 is 1.88 bits per heavy atom. The molecule has 3 unspecified atom stereocenters. The fourth-order valence-corrected chi connectivity index (χ4v) is 4.88. The number of carbonyl (C=O) groups is 1. The third-order valence-corrected chi connectivity index (χ3v) is 6.11. The highest BCUT2D eigenvalue weighted by Gasteiger charge is 2.45. The second-order valence-corrected chi connectivity index (χ2v) is 7.46. The SMILES string of the molecule is O=C1c2ccc(F)c(N3C4CNCC3C4)c2CN1C1CCCNC1. The summed E-state index contributed by atoms with van der Waals surface area (Å²) in [5, 5.41) is 6.77. The lowest BCUT2D eigenvalue weighted by Gasteiger charge is -2.55. The van der Waals surface area contributed by atoms with Crippen molar-refractivity contribution < 1.29 is 9.18 Å². The maximum atomic E-state index is 14.7. The summed E-state index contributed by atoms with van der Waals surface area (Å²) in [7, 11) is 0. The lowest BCUT2D eigenvalue weighted by molar-refractivity contribution is 0.0674. The molecule has 6 heteroatoms. The van der Waals surface area contributed by atoms with E-state index >= 15 is 0 Å². The van der Waals surface area contributed by atoms with E-state index in [1.165, 1.54) is 6.07 Å². The third kappa shape index (κ3) is 2.02. The van der Waals surface area contributed by atoms with Crippen LogP contribution in [0.5, 0.6) is 0 Å². The number of nitrogens with zero attached hydrogens (tertiary/aromatic N) is 2. The smallest absolute Gasteiger partial charge is 0.254 e. The van der Waals surface area contributed by atoms with Gasteiger partial charge in [0.2, 0.25) is 0 Å². The van der Waals surface area contributed by atoms with Crippen LogP contribution in [0.25, 0.3) is 0 Å². The number of amides is 1. The predicted molar refractivity (Wildman–Crippen MR) is 89.7 cm³/mol. The first kappa shape index (κ1) is 14.7. The van der Waals surface area contributed by atoms with Crippen LogP contribution in [0.3, 0.4) is 0 Å². The lowest BCUT2D eigenvalue weighted by Crippen LogP contribution is -2.68. The second-order valence-electron chi connectivity index (χ2n) is 7.46. The molecule has 128 valence electrons. The molecule has 2 N–H and O–H groups in total. The number of halogens is 1. The monoisotopic (exact) mass is 330 g/mol. The molecule has 3 saturated heterocycles. The number of nitrogens with one attached hydrogen (secondary N) is 2. The predicted octanol–water partition coefficient (Wildman–Crippen LogP) is 1.08. The molecular formula is C18H23FN4O. The van der Waals surface area contributed by atoms with Crippen molar-refractivity contribution in [3.8, 4) is 0 Å². The number of benzene rings is 1. The van der Waals surface area contributed by atoms with Crippen LogP contribution in [-0.2, 0) is 6.54 Å². The molecule has 0 aliphatic carbocycles. The van der Waals surface area contributed by atoms with Crippen LogP contribution in [0.4, 0.5) is 10.1 Å². The van der Waals surface area contributed by atoms with Gasteiger partial charge >= 0.3 is 0 Å². The molecule has 24 heavy (non-hydrogen) atoms. The van der Waals surface area contributed by atoms with Crippen LogP contribution in [-0.4, -0.2) is 55.1 Å². The largest absolute Gasteiger partial charge is 0.360 e. The maximum absolute atomic E-state index is 14.7. The Morgan fingerprint density at radius 1 is 1.08 bits per heavy atom. The number of hydrogen-bond donors (Lipinski definition) is 2. The van der Waals surface area contributed by atoms with Crippen molar-refractivity contribution in [2.24, 2.45) is 0 Å². The molecule has 5 rings (SSSR count). The average Bonchev–Trinajstić information content (AvgIpc) is 2.95. The van der Waals surface area contributed by atoms with E-state index in [9.17, 15) is 9.18 Å². The first-order valence-electron chi connectivity index (χ1n) is 9.06. The molecule has 4 heterocycles.